The lowest BCUT2D eigenvalue weighted by Crippen LogP contribution is -2.48. The average Bonchev–Trinajstić information content (AvgIpc) is 2.68. The zero-order chi connectivity index (χ0) is 19.2. The quantitative estimate of drug-likeness (QED) is 0.845. The minimum atomic E-state index is -0.233. The summed E-state index contributed by atoms with van der Waals surface area (Å²) in [5.74, 6) is 0.354. The second kappa shape index (κ2) is 8.81. The first kappa shape index (κ1) is 19.1. The maximum Gasteiger partial charge on any atom is 0.270 e. The van der Waals surface area contributed by atoms with E-state index in [2.05, 4.69) is 15.3 Å². The van der Waals surface area contributed by atoms with E-state index >= 15 is 0 Å². The summed E-state index contributed by atoms with van der Waals surface area (Å²) in [5, 5.41) is 3.56. The van der Waals surface area contributed by atoms with Gasteiger partial charge in [-0.2, -0.15) is 0 Å². The van der Waals surface area contributed by atoms with Crippen LogP contribution in [0.1, 0.15) is 23.0 Å². The van der Waals surface area contributed by atoms with Crippen LogP contribution in [-0.2, 0) is 11.2 Å². The van der Waals surface area contributed by atoms with Gasteiger partial charge in [-0.25, -0.2) is 9.97 Å². The summed E-state index contributed by atoms with van der Waals surface area (Å²) < 4.78 is 0. The van der Waals surface area contributed by atoms with Gasteiger partial charge in [0.25, 0.3) is 5.91 Å². The highest BCUT2D eigenvalue weighted by Crippen LogP contribution is 2.12. The Morgan fingerprint density at radius 3 is 2.67 bits per heavy atom. The smallest absolute Gasteiger partial charge is 0.270 e. The molecule has 2 aromatic rings. The van der Waals surface area contributed by atoms with Crippen molar-refractivity contribution in [2.24, 2.45) is 0 Å². The lowest BCUT2D eigenvalue weighted by atomic mass is 10.1. The van der Waals surface area contributed by atoms with Crippen LogP contribution in [0, 0.1) is 0 Å². The number of aromatic nitrogens is 2. The standard InChI is InChI=1S/C19H22ClN5O2/c1-14(26)24-9-11-25(12-10-24)19-22-8-6-17(23-19)18(27)21-7-5-15-3-2-4-16(20)13-15/h2-4,6,8,13H,5,7,9-12H2,1H3,(H,21,27). The predicted molar refractivity (Wildman–Crippen MR) is 104 cm³/mol. The lowest BCUT2D eigenvalue weighted by Gasteiger charge is -2.34. The van der Waals surface area contributed by atoms with Crippen molar-refractivity contribution in [3.8, 4) is 0 Å². The average molecular weight is 388 g/mol. The topological polar surface area (TPSA) is 78.4 Å². The largest absolute Gasteiger partial charge is 0.350 e. The van der Waals surface area contributed by atoms with Crippen LogP contribution in [0.15, 0.2) is 36.5 Å². The molecule has 2 amide bonds. The molecule has 0 spiro atoms. The maximum absolute atomic E-state index is 12.4. The van der Waals surface area contributed by atoms with Crippen molar-refractivity contribution in [2.45, 2.75) is 13.3 Å². The molecule has 8 heteroatoms. The van der Waals surface area contributed by atoms with Gasteiger partial charge in [-0.1, -0.05) is 23.7 Å². The molecular weight excluding hydrogens is 366 g/mol. The van der Waals surface area contributed by atoms with Gasteiger partial charge in [-0.15, -0.1) is 0 Å². The van der Waals surface area contributed by atoms with Gasteiger partial charge in [0, 0.05) is 50.9 Å². The molecule has 142 valence electrons. The number of nitrogens with zero attached hydrogens (tertiary/aromatic N) is 4. The summed E-state index contributed by atoms with van der Waals surface area (Å²) in [7, 11) is 0. The van der Waals surface area contributed by atoms with Crippen molar-refractivity contribution >= 4 is 29.4 Å². The number of benzene rings is 1. The molecule has 1 N–H and O–H groups in total. The first-order chi connectivity index (χ1) is 13.0. The van der Waals surface area contributed by atoms with Crippen molar-refractivity contribution in [1.82, 2.24) is 20.2 Å². The molecule has 1 saturated heterocycles. The van der Waals surface area contributed by atoms with E-state index in [1.54, 1.807) is 24.1 Å². The Labute approximate surface area is 163 Å². The van der Waals surface area contributed by atoms with Gasteiger partial charge in [-0.3, -0.25) is 9.59 Å². The summed E-state index contributed by atoms with van der Waals surface area (Å²) in [4.78, 5) is 36.2. The number of anilines is 1. The van der Waals surface area contributed by atoms with E-state index in [1.807, 2.05) is 29.2 Å². The summed E-state index contributed by atoms with van der Waals surface area (Å²) in [5.41, 5.74) is 1.40. The highest BCUT2D eigenvalue weighted by Gasteiger charge is 2.21. The normalized spacial score (nSPS) is 14.1. The van der Waals surface area contributed by atoms with Crippen LogP contribution in [0.3, 0.4) is 0 Å². The molecule has 0 unspecified atom stereocenters. The number of nitrogens with one attached hydrogen (secondary N) is 1. The van der Waals surface area contributed by atoms with Gasteiger partial charge >= 0.3 is 0 Å². The van der Waals surface area contributed by atoms with E-state index in [9.17, 15) is 9.59 Å². The summed E-state index contributed by atoms with van der Waals surface area (Å²) in [6.45, 7) is 4.64. The van der Waals surface area contributed by atoms with Gasteiger partial charge in [0.05, 0.1) is 0 Å². The minimum Gasteiger partial charge on any atom is -0.350 e. The molecule has 0 radical (unpaired) electrons. The third-order valence-electron chi connectivity index (χ3n) is 4.47. The van der Waals surface area contributed by atoms with Gasteiger partial charge in [-0.05, 0) is 30.2 Å². The Balaban J connectivity index is 1.55. The monoisotopic (exact) mass is 387 g/mol. The van der Waals surface area contributed by atoms with Crippen LogP contribution < -0.4 is 10.2 Å². The van der Waals surface area contributed by atoms with E-state index in [1.165, 1.54) is 0 Å². The molecule has 1 aromatic carbocycles. The van der Waals surface area contributed by atoms with E-state index in [0.717, 1.165) is 5.56 Å². The number of rotatable bonds is 5. The highest BCUT2D eigenvalue weighted by molar-refractivity contribution is 6.30. The molecule has 0 bridgehead atoms. The Bertz CT molecular complexity index is 821. The van der Waals surface area contributed by atoms with Crippen LogP contribution in [0.4, 0.5) is 5.95 Å². The van der Waals surface area contributed by atoms with Crippen molar-refractivity contribution in [3.05, 3.63) is 52.8 Å². The van der Waals surface area contributed by atoms with E-state index in [4.69, 9.17) is 11.6 Å². The molecule has 1 aliphatic heterocycles. The zero-order valence-electron chi connectivity index (χ0n) is 15.2. The van der Waals surface area contributed by atoms with E-state index in [-0.39, 0.29) is 11.8 Å². The SMILES string of the molecule is CC(=O)N1CCN(c2nccc(C(=O)NCCc3cccc(Cl)c3)n2)CC1. The Morgan fingerprint density at radius 1 is 1.19 bits per heavy atom. The maximum atomic E-state index is 12.4. The van der Waals surface area contributed by atoms with Crippen LogP contribution in [-0.4, -0.2) is 59.4 Å². The first-order valence-electron chi connectivity index (χ1n) is 8.89. The number of hydrogen-bond donors (Lipinski definition) is 1. The van der Waals surface area contributed by atoms with Crippen LogP contribution in [0.2, 0.25) is 5.02 Å². The molecule has 3 rings (SSSR count). The van der Waals surface area contributed by atoms with Crippen molar-refractivity contribution in [2.75, 3.05) is 37.6 Å². The number of piperazine rings is 1. The van der Waals surface area contributed by atoms with Gasteiger partial charge < -0.3 is 15.1 Å². The number of hydrogen-bond acceptors (Lipinski definition) is 5. The first-order valence-corrected chi connectivity index (χ1v) is 9.27. The molecule has 27 heavy (non-hydrogen) atoms. The van der Waals surface area contributed by atoms with E-state index in [0.29, 0.717) is 55.8 Å². The number of amides is 2. The summed E-state index contributed by atoms with van der Waals surface area (Å²) >= 11 is 5.97. The fraction of sp³-hybridized carbons (Fsp3) is 0.368. The Morgan fingerprint density at radius 2 is 1.96 bits per heavy atom. The Kier molecular flexibility index (Phi) is 6.24. The molecule has 0 aliphatic carbocycles. The molecule has 1 fully saturated rings. The second-order valence-corrected chi connectivity index (χ2v) is 6.81. The van der Waals surface area contributed by atoms with Crippen LogP contribution in [0.25, 0.3) is 0 Å². The van der Waals surface area contributed by atoms with Crippen LogP contribution >= 0.6 is 11.6 Å². The molecule has 0 saturated carbocycles. The molecule has 1 aliphatic rings. The lowest BCUT2D eigenvalue weighted by molar-refractivity contribution is -0.129. The number of halogens is 1. The summed E-state index contributed by atoms with van der Waals surface area (Å²) in [6.07, 6.45) is 2.28. The fourth-order valence-corrected chi connectivity index (χ4v) is 3.16. The van der Waals surface area contributed by atoms with Gasteiger partial charge in [0.1, 0.15) is 5.69 Å². The van der Waals surface area contributed by atoms with Crippen molar-refractivity contribution in [3.63, 3.8) is 0 Å². The molecular formula is C19H22ClN5O2. The molecule has 1 aromatic heterocycles. The van der Waals surface area contributed by atoms with Gasteiger partial charge in [0.2, 0.25) is 11.9 Å². The predicted octanol–water partition coefficient (Wildman–Crippen LogP) is 1.77. The number of carbonyl (C=O) groups is 2. The fourth-order valence-electron chi connectivity index (χ4n) is 2.95. The molecule has 7 nitrogen and oxygen atoms in total. The summed E-state index contributed by atoms with van der Waals surface area (Å²) in [6, 6.07) is 9.17. The van der Waals surface area contributed by atoms with Crippen LogP contribution in [0.5, 0.6) is 0 Å². The zero-order valence-corrected chi connectivity index (χ0v) is 15.9. The highest BCUT2D eigenvalue weighted by atomic mass is 35.5. The number of carbonyl (C=O) groups excluding carboxylic acids is 2. The van der Waals surface area contributed by atoms with Crippen molar-refractivity contribution < 1.29 is 9.59 Å². The third-order valence-corrected chi connectivity index (χ3v) is 4.71. The Hall–Kier alpha value is -2.67. The molecule has 2 heterocycles. The van der Waals surface area contributed by atoms with E-state index < -0.39 is 0 Å². The van der Waals surface area contributed by atoms with Crippen molar-refractivity contribution in [1.29, 1.82) is 0 Å². The third kappa shape index (κ3) is 5.17. The second-order valence-electron chi connectivity index (χ2n) is 6.37. The minimum absolute atomic E-state index is 0.0726. The van der Waals surface area contributed by atoms with Gasteiger partial charge in [0.15, 0.2) is 0 Å². The molecule has 0 atom stereocenters.